The van der Waals surface area contributed by atoms with Crippen molar-refractivity contribution in [3.8, 4) is 0 Å². The minimum Gasteiger partial charge on any atom is -0.425 e. The van der Waals surface area contributed by atoms with E-state index in [4.69, 9.17) is 4.42 Å². The molecule has 0 aliphatic rings. The van der Waals surface area contributed by atoms with Gasteiger partial charge in [0.25, 0.3) is 0 Å². The standard InChI is InChI=1S/C13H25N3O/c1-3-4-5-6-7-8-9-12-15-16-13(17-12)10-11-14-2/h14H,3-11H2,1-2H3. The molecule has 1 heterocycles. The topological polar surface area (TPSA) is 51.0 Å². The number of likely N-dealkylation sites (N-methyl/N-ethyl adjacent to an activating group) is 1. The van der Waals surface area contributed by atoms with E-state index >= 15 is 0 Å². The number of nitrogens with one attached hydrogen (secondary N) is 1. The van der Waals surface area contributed by atoms with Crippen LogP contribution in [-0.4, -0.2) is 23.8 Å². The van der Waals surface area contributed by atoms with Crippen LogP contribution < -0.4 is 5.32 Å². The SMILES string of the molecule is CCCCCCCCc1nnc(CCNC)o1. The van der Waals surface area contributed by atoms with Crippen molar-refractivity contribution in [1.82, 2.24) is 15.5 Å². The Morgan fingerprint density at radius 3 is 2.29 bits per heavy atom. The lowest BCUT2D eigenvalue weighted by molar-refractivity contribution is 0.437. The molecule has 0 aromatic carbocycles. The summed E-state index contributed by atoms with van der Waals surface area (Å²) < 4.78 is 5.55. The molecule has 1 rings (SSSR count). The quantitative estimate of drug-likeness (QED) is 0.638. The maximum Gasteiger partial charge on any atom is 0.217 e. The number of hydrogen-bond donors (Lipinski definition) is 1. The number of hydrogen-bond acceptors (Lipinski definition) is 4. The van der Waals surface area contributed by atoms with Crippen LogP contribution in [0.5, 0.6) is 0 Å². The van der Waals surface area contributed by atoms with Gasteiger partial charge in [-0.15, -0.1) is 10.2 Å². The third-order valence-corrected chi connectivity index (χ3v) is 2.84. The number of rotatable bonds is 10. The molecule has 1 aromatic rings. The van der Waals surface area contributed by atoms with Gasteiger partial charge < -0.3 is 9.73 Å². The van der Waals surface area contributed by atoms with Gasteiger partial charge in [0, 0.05) is 19.4 Å². The highest BCUT2D eigenvalue weighted by Crippen LogP contribution is 2.09. The van der Waals surface area contributed by atoms with Gasteiger partial charge in [-0.25, -0.2) is 0 Å². The van der Waals surface area contributed by atoms with Crippen molar-refractivity contribution in [2.45, 2.75) is 58.3 Å². The normalized spacial score (nSPS) is 10.9. The summed E-state index contributed by atoms with van der Waals surface area (Å²) in [5.74, 6) is 1.55. The lowest BCUT2D eigenvalue weighted by atomic mass is 10.1. The Balaban J connectivity index is 2.08. The largest absolute Gasteiger partial charge is 0.425 e. The Kier molecular flexibility index (Phi) is 7.63. The molecule has 0 fully saturated rings. The second kappa shape index (κ2) is 9.16. The molecule has 98 valence electrons. The summed E-state index contributed by atoms with van der Waals surface area (Å²) >= 11 is 0. The van der Waals surface area contributed by atoms with E-state index < -0.39 is 0 Å². The summed E-state index contributed by atoms with van der Waals surface area (Å²) in [5, 5.41) is 11.2. The highest BCUT2D eigenvalue weighted by molar-refractivity contribution is 4.82. The zero-order valence-corrected chi connectivity index (χ0v) is 11.2. The fraction of sp³-hybridized carbons (Fsp3) is 0.846. The third-order valence-electron chi connectivity index (χ3n) is 2.84. The molecule has 0 spiro atoms. The molecule has 1 aromatic heterocycles. The fourth-order valence-electron chi connectivity index (χ4n) is 1.78. The molecule has 0 amide bonds. The van der Waals surface area contributed by atoms with Crippen LogP contribution in [0.1, 0.15) is 57.2 Å². The molecule has 0 saturated carbocycles. The van der Waals surface area contributed by atoms with Crippen molar-refractivity contribution in [3.05, 3.63) is 11.8 Å². The van der Waals surface area contributed by atoms with E-state index in [0.29, 0.717) is 0 Å². The van der Waals surface area contributed by atoms with Gasteiger partial charge in [0.1, 0.15) is 0 Å². The number of aromatic nitrogens is 2. The van der Waals surface area contributed by atoms with Gasteiger partial charge in [-0.05, 0) is 13.5 Å². The molecule has 0 unspecified atom stereocenters. The first-order valence-corrected chi connectivity index (χ1v) is 6.82. The molecular formula is C13H25N3O. The predicted octanol–water partition coefficient (Wildman–Crippen LogP) is 2.73. The van der Waals surface area contributed by atoms with E-state index in [1.807, 2.05) is 7.05 Å². The Hall–Kier alpha value is -0.900. The van der Waals surface area contributed by atoms with Gasteiger partial charge in [-0.2, -0.15) is 0 Å². The molecule has 1 N–H and O–H groups in total. The van der Waals surface area contributed by atoms with Crippen LogP contribution >= 0.6 is 0 Å². The summed E-state index contributed by atoms with van der Waals surface area (Å²) in [6.45, 7) is 3.13. The highest BCUT2D eigenvalue weighted by atomic mass is 16.4. The molecule has 0 aliphatic carbocycles. The average Bonchev–Trinajstić information content (AvgIpc) is 2.79. The van der Waals surface area contributed by atoms with Gasteiger partial charge in [-0.3, -0.25) is 0 Å². The zero-order chi connectivity index (χ0) is 12.3. The molecule has 0 atom stereocenters. The van der Waals surface area contributed by atoms with Gasteiger partial charge in [0.05, 0.1) is 0 Å². The van der Waals surface area contributed by atoms with Crippen LogP contribution in [-0.2, 0) is 12.8 Å². The fourth-order valence-corrected chi connectivity index (χ4v) is 1.78. The molecule has 4 heteroatoms. The van der Waals surface area contributed by atoms with E-state index in [-0.39, 0.29) is 0 Å². The van der Waals surface area contributed by atoms with E-state index in [0.717, 1.165) is 37.6 Å². The van der Waals surface area contributed by atoms with Crippen molar-refractivity contribution in [3.63, 3.8) is 0 Å². The lowest BCUT2D eigenvalue weighted by Crippen LogP contribution is -2.10. The summed E-state index contributed by atoms with van der Waals surface area (Å²) in [6, 6.07) is 0. The number of unbranched alkanes of at least 4 members (excludes halogenated alkanes) is 5. The van der Waals surface area contributed by atoms with E-state index in [9.17, 15) is 0 Å². The minimum absolute atomic E-state index is 0.750. The smallest absolute Gasteiger partial charge is 0.217 e. The zero-order valence-electron chi connectivity index (χ0n) is 11.2. The Morgan fingerprint density at radius 2 is 1.59 bits per heavy atom. The van der Waals surface area contributed by atoms with Crippen molar-refractivity contribution < 1.29 is 4.42 Å². The van der Waals surface area contributed by atoms with Crippen LogP contribution in [0.15, 0.2) is 4.42 Å². The van der Waals surface area contributed by atoms with Gasteiger partial charge in [-0.1, -0.05) is 39.0 Å². The summed E-state index contributed by atoms with van der Waals surface area (Å²) in [6.07, 6.45) is 9.53. The van der Waals surface area contributed by atoms with Gasteiger partial charge >= 0.3 is 0 Å². The monoisotopic (exact) mass is 239 g/mol. The summed E-state index contributed by atoms with van der Waals surface area (Å²) in [4.78, 5) is 0. The summed E-state index contributed by atoms with van der Waals surface area (Å²) in [7, 11) is 1.92. The number of nitrogens with zero attached hydrogens (tertiary/aromatic N) is 2. The first-order valence-electron chi connectivity index (χ1n) is 6.82. The molecule has 4 nitrogen and oxygen atoms in total. The molecule has 0 saturated heterocycles. The molecule has 0 radical (unpaired) electrons. The van der Waals surface area contributed by atoms with Crippen molar-refractivity contribution in [2.75, 3.05) is 13.6 Å². The van der Waals surface area contributed by atoms with Crippen molar-refractivity contribution in [1.29, 1.82) is 0 Å². The van der Waals surface area contributed by atoms with Gasteiger partial charge in [0.2, 0.25) is 11.8 Å². The van der Waals surface area contributed by atoms with Crippen LogP contribution in [0.4, 0.5) is 0 Å². The first kappa shape index (κ1) is 14.2. The molecule has 0 aliphatic heterocycles. The Bertz CT molecular complexity index is 286. The number of aryl methyl sites for hydroxylation is 1. The molecule has 0 bridgehead atoms. The average molecular weight is 239 g/mol. The second-order valence-electron chi connectivity index (χ2n) is 4.46. The van der Waals surface area contributed by atoms with E-state index in [2.05, 4.69) is 22.4 Å². The van der Waals surface area contributed by atoms with Crippen LogP contribution in [0, 0.1) is 0 Å². The third kappa shape index (κ3) is 6.41. The first-order chi connectivity index (χ1) is 8.36. The van der Waals surface area contributed by atoms with E-state index in [1.54, 1.807) is 0 Å². The minimum atomic E-state index is 0.750. The maximum absolute atomic E-state index is 5.55. The predicted molar refractivity (Wildman–Crippen MR) is 69.0 cm³/mol. The van der Waals surface area contributed by atoms with Crippen molar-refractivity contribution in [2.24, 2.45) is 0 Å². The maximum atomic E-state index is 5.55. The van der Waals surface area contributed by atoms with Crippen LogP contribution in [0.25, 0.3) is 0 Å². The Labute approximate surface area is 104 Å². The Morgan fingerprint density at radius 1 is 0.941 bits per heavy atom. The second-order valence-corrected chi connectivity index (χ2v) is 4.46. The lowest BCUT2D eigenvalue weighted by Gasteiger charge is -1.98. The van der Waals surface area contributed by atoms with Crippen LogP contribution in [0.2, 0.25) is 0 Å². The van der Waals surface area contributed by atoms with E-state index in [1.165, 1.54) is 32.1 Å². The van der Waals surface area contributed by atoms with Crippen LogP contribution in [0.3, 0.4) is 0 Å². The highest BCUT2D eigenvalue weighted by Gasteiger charge is 2.04. The van der Waals surface area contributed by atoms with Gasteiger partial charge in [0.15, 0.2) is 0 Å². The summed E-state index contributed by atoms with van der Waals surface area (Å²) in [5.41, 5.74) is 0. The van der Waals surface area contributed by atoms with Crippen molar-refractivity contribution >= 4 is 0 Å². The molecule has 17 heavy (non-hydrogen) atoms. The molecular weight excluding hydrogens is 214 g/mol.